The van der Waals surface area contributed by atoms with Gasteiger partial charge in [-0.05, 0) is 49.9 Å². The predicted molar refractivity (Wildman–Crippen MR) is 82.6 cm³/mol. The number of benzene rings is 1. The first-order valence-electron chi connectivity index (χ1n) is 7.24. The number of aromatic nitrogens is 1. The van der Waals surface area contributed by atoms with Crippen molar-refractivity contribution in [1.82, 2.24) is 10.3 Å². The van der Waals surface area contributed by atoms with Gasteiger partial charge in [-0.1, -0.05) is 0 Å². The lowest BCUT2D eigenvalue weighted by atomic mass is 10.3. The Balaban J connectivity index is 1.58. The maximum atomic E-state index is 12.8. The highest BCUT2D eigenvalue weighted by molar-refractivity contribution is 7.13. The van der Waals surface area contributed by atoms with Gasteiger partial charge in [-0.3, -0.25) is 4.79 Å². The zero-order chi connectivity index (χ0) is 15.5. The molecule has 4 nitrogen and oxygen atoms in total. The van der Waals surface area contributed by atoms with Crippen LogP contribution in [0.4, 0.5) is 4.39 Å². The van der Waals surface area contributed by atoms with E-state index in [4.69, 9.17) is 4.74 Å². The van der Waals surface area contributed by atoms with Gasteiger partial charge in [0.15, 0.2) is 0 Å². The van der Waals surface area contributed by atoms with Crippen LogP contribution in [-0.2, 0) is 6.61 Å². The van der Waals surface area contributed by atoms with Crippen LogP contribution in [0.5, 0.6) is 5.75 Å². The van der Waals surface area contributed by atoms with Crippen molar-refractivity contribution in [2.75, 3.05) is 6.54 Å². The number of carbonyl (C=O) groups excluding carboxylic acids is 1. The minimum atomic E-state index is -0.299. The SMILES string of the molecule is Cc1nc(COc2ccc(F)cc2)sc1C(=O)NCC1CC1. The van der Waals surface area contributed by atoms with E-state index in [0.29, 0.717) is 16.5 Å². The minimum absolute atomic E-state index is 0.0602. The second-order valence-electron chi connectivity index (χ2n) is 5.42. The van der Waals surface area contributed by atoms with E-state index in [0.717, 1.165) is 17.2 Å². The molecule has 2 aromatic rings. The molecule has 0 atom stereocenters. The summed E-state index contributed by atoms with van der Waals surface area (Å²) < 4.78 is 18.4. The molecule has 1 saturated carbocycles. The highest BCUT2D eigenvalue weighted by Gasteiger charge is 2.23. The fraction of sp³-hybridized carbons (Fsp3) is 0.375. The summed E-state index contributed by atoms with van der Waals surface area (Å²) in [6, 6.07) is 5.83. The number of amides is 1. The predicted octanol–water partition coefficient (Wildman–Crippen LogP) is 3.31. The summed E-state index contributed by atoms with van der Waals surface area (Å²) >= 11 is 1.34. The quantitative estimate of drug-likeness (QED) is 0.888. The van der Waals surface area contributed by atoms with Crippen LogP contribution in [0, 0.1) is 18.7 Å². The average molecular weight is 320 g/mol. The lowest BCUT2D eigenvalue weighted by Crippen LogP contribution is -2.25. The summed E-state index contributed by atoms with van der Waals surface area (Å²) in [6.07, 6.45) is 2.41. The van der Waals surface area contributed by atoms with Crippen LogP contribution in [0.15, 0.2) is 24.3 Å². The number of halogens is 1. The molecule has 1 fully saturated rings. The maximum Gasteiger partial charge on any atom is 0.263 e. The Labute approximate surface area is 132 Å². The van der Waals surface area contributed by atoms with E-state index in [1.165, 1.54) is 36.3 Å². The number of hydrogen-bond donors (Lipinski definition) is 1. The van der Waals surface area contributed by atoms with Gasteiger partial charge in [0, 0.05) is 6.54 Å². The zero-order valence-corrected chi connectivity index (χ0v) is 13.1. The molecule has 0 unspecified atom stereocenters. The second kappa shape index (κ2) is 6.44. The van der Waals surface area contributed by atoms with Gasteiger partial charge < -0.3 is 10.1 Å². The molecule has 1 amide bonds. The summed E-state index contributed by atoms with van der Waals surface area (Å²) in [7, 11) is 0. The highest BCUT2D eigenvalue weighted by Crippen LogP contribution is 2.28. The lowest BCUT2D eigenvalue weighted by molar-refractivity contribution is 0.0955. The monoisotopic (exact) mass is 320 g/mol. The van der Waals surface area contributed by atoms with E-state index in [-0.39, 0.29) is 18.3 Å². The summed E-state index contributed by atoms with van der Waals surface area (Å²) in [5.74, 6) is 0.870. The Bertz CT molecular complexity index is 665. The third-order valence-corrected chi connectivity index (χ3v) is 4.60. The molecule has 3 rings (SSSR count). The molecule has 1 aromatic carbocycles. The van der Waals surface area contributed by atoms with Crippen molar-refractivity contribution in [2.24, 2.45) is 5.92 Å². The number of rotatable bonds is 6. The normalized spacial score (nSPS) is 13.9. The molecule has 0 saturated heterocycles. The largest absolute Gasteiger partial charge is 0.486 e. The summed E-state index contributed by atoms with van der Waals surface area (Å²) in [5, 5.41) is 3.68. The molecule has 116 valence electrons. The maximum absolute atomic E-state index is 12.8. The fourth-order valence-electron chi connectivity index (χ4n) is 2.04. The molecule has 22 heavy (non-hydrogen) atoms. The molecular weight excluding hydrogens is 303 g/mol. The van der Waals surface area contributed by atoms with Crippen molar-refractivity contribution >= 4 is 17.2 Å². The molecular formula is C16H17FN2O2S. The molecule has 0 aliphatic heterocycles. The van der Waals surface area contributed by atoms with Crippen molar-refractivity contribution in [3.8, 4) is 5.75 Å². The van der Waals surface area contributed by atoms with Gasteiger partial charge in [0.1, 0.15) is 28.1 Å². The van der Waals surface area contributed by atoms with Crippen LogP contribution in [0.2, 0.25) is 0 Å². The van der Waals surface area contributed by atoms with Crippen molar-refractivity contribution in [3.63, 3.8) is 0 Å². The number of nitrogens with one attached hydrogen (secondary N) is 1. The Morgan fingerprint density at radius 1 is 1.41 bits per heavy atom. The van der Waals surface area contributed by atoms with Gasteiger partial charge in [-0.25, -0.2) is 9.37 Å². The van der Waals surface area contributed by atoms with Gasteiger partial charge in [0.25, 0.3) is 5.91 Å². The fourth-order valence-corrected chi connectivity index (χ4v) is 2.93. The Morgan fingerprint density at radius 3 is 2.82 bits per heavy atom. The smallest absolute Gasteiger partial charge is 0.263 e. The van der Waals surface area contributed by atoms with Gasteiger partial charge in [0.2, 0.25) is 0 Å². The number of carbonyl (C=O) groups is 1. The third-order valence-electron chi connectivity index (χ3n) is 3.47. The zero-order valence-electron chi connectivity index (χ0n) is 12.3. The van der Waals surface area contributed by atoms with Gasteiger partial charge in [-0.2, -0.15) is 0 Å². The van der Waals surface area contributed by atoms with Crippen molar-refractivity contribution in [2.45, 2.75) is 26.4 Å². The van der Waals surface area contributed by atoms with Crippen LogP contribution in [0.1, 0.15) is 33.2 Å². The molecule has 0 radical (unpaired) electrons. The van der Waals surface area contributed by atoms with Gasteiger partial charge in [-0.15, -0.1) is 11.3 Å². The van der Waals surface area contributed by atoms with Crippen LogP contribution in [0.3, 0.4) is 0 Å². The molecule has 1 heterocycles. The Kier molecular flexibility index (Phi) is 4.38. The standard InChI is InChI=1S/C16H17FN2O2S/c1-10-15(16(20)18-8-11-2-3-11)22-14(19-10)9-21-13-6-4-12(17)5-7-13/h4-7,11H,2-3,8-9H2,1H3,(H,18,20). The van der Waals surface area contributed by atoms with E-state index < -0.39 is 0 Å². The summed E-state index contributed by atoms with van der Waals surface area (Å²) in [5.41, 5.74) is 0.719. The molecule has 1 aliphatic carbocycles. The van der Waals surface area contributed by atoms with E-state index in [1.807, 2.05) is 6.92 Å². The lowest BCUT2D eigenvalue weighted by Gasteiger charge is -2.03. The number of hydrogen-bond acceptors (Lipinski definition) is 4. The van der Waals surface area contributed by atoms with Gasteiger partial charge in [0.05, 0.1) is 5.69 Å². The first kappa shape index (κ1) is 15.0. The van der Waals surface area contributed by atoms with Crippen LogP contribution in [0.25, 0.3) is 0 Å². The van der Waals surface area contributed by atoms with Crippen LogP contribution < -0.4 is 10.1 Å². The highest BCUT2D eigenvalue weighted by atomic mass is 32.1. The van der Waals surface area contributed by atoms with E-state index in [9.17, 15) is 9.18 Å². The second-order valence-corrected chi connectivity index (χ2v) is 6.50. The van der Waals surface area contributed by atoms with Crippen molar-refractivity contribution in [3.05, 3.63) is 45.7 Å². The topological polar surface area (TPSA) is 51.2 Å². The first-order chi connectivity index (χ1) is 10.6. The number of ether oxygens (including phenoxy) is 1. The number of nitrogens with zero attached hydrogens (tertiary/aromatic N) is 1. The summed E-state index contributed by atoms with van der Waals surface area (Å²) in [4.78, 5) is 17.1. The molecule has 1 N–H and O–H groups in total. The minimum Gasteiger partial charge on any atom is -0.486 e. The third kappa shape index (κ3) is 3.82. The molecule has 1 aromatic heterocycles. The Morgan fingerprint density at radius 2 is 2.14 bits per heavy atom. The van der Waals surface area contributed by atoms with Crippen LogP contribution in [-0.4, -0.2) is 17.4 Å². The number of thiazole rings is 1. The first-order valence-corrected chi connectivity index (χ1v) is 8.06. The number of aryl methyl sites for hydroxylation is 1. The van der Waals surface area contributed by atoms with Crippen molar-refractivity contribution in [1.29, 1.82) is 0 Å². The summed E-state index contributed by atoms with van der Waals surface area (Å²) in [6.45, 7) is 2.84. The van der Waals surface area contributed by atoms with Crippen LogP contribution >= 0.6 is 11.3 Å². The van der Waals surface area contributed by atoms with E-state index in [1.54, 1.807) is 12.1 Å². The molecule has 6 heteroatoms. The van der Waals surface area contributed by atoms with E-state index >= 15 is 0 Å². The molecule has 1 aliphatic rings. The van der Waals surface area contributed by atoms with E-state index in [2.05, 4.69) is 10.3 Å². The Hall–Kier alpha value is -1.95. The molecule has 0 spiro atoms. The van der Waals surface area contributed by atoms with Crippen molar-refractivity contribution < 1.29 is 13.9 Å². The molecule has 0 bridgehead atoms. The van der Waals surface area contributed by atoms with Gasteiger partial charge >= 0.3 is 0 Å². The average Bonchev–Trinajstić information content (AvgIpc) is 3.26.